The Morgan fingerprint density at radius 1 is 1.33 bits per heavy atom. The number of carbonyl (C=O) groups excluding carboxylic acids is 1. The molecule has 1 aromatic carbocycles. The molecule has 0 radical (unpaired) electrons. The first-order valence-electron chi connectivity index (χ1n) is 7.58. The molecule has 8 heteroatoms. The number of allylic oxidation sites excluding steroid dienone is 1. The van der Waals surface area contributed by atoms with Crippen LogP contribution in [0.2, 0.25) is 10.0 Å². The molecule has 24 heavy (non-hydrogen) atoms. The Morgan fingerprint density at radius 3 is 2.75 bits per heavy atom. The standard InChI is InChI=1S/C16H17Cl2N3O2S/c1-9-12(15(22)21-5-7-23-8-6-21)14(20-16(24)19-9)10-3-2-4-11(17)13(10)18/h2-4,14H,5-8H2,1H3,(H2,19,20,24). The first kappa shape index (κ1) is 17.5. The first-order valence-corrected chi connectivity index (χ1v) is 8.74. The van der Waals surface area contributed by atoms with Crippen molar-refractivity contribution in [2.24, 2.45) is 0 Å². The molecule has 0 saturated carbocycles. The number of nitrogens with zero attached hydrogens (tertiary/aromatic N) is 1. The fraction of sp³-hybridized carbons (Fsp3) is 0.375. The van der Waals surface area contributed by atoms with Crippen LogP contribution >= 0.6 is 35.4 Å². The number of amides is 1. The highest BCUT2D eigenvalue weighted by atomic mass is 35.5. The van der Waals surface area contributed by atoms with Gasteiger partial charge in [0.2, 0.25) is 0 Å². The van der Waals surface area contributed by atoms with Crippen molar-refractivity contribution in [1.82, 2.24) is 15.5 Å². The highest BCUT2D eigenvalue weighted by Crippen LogP contribution is 2.36. The summed E-state index contributed by atoms with van der Waals surface area (Å²) in [6.45, 7) is 4.05. The van der Waals surface area contributed by atoms with Crippen molar-refractivity contribution < 1.29 is 9.53 Å². The number of hydrogen-bond donors (Lipinski definition) is 2. The lowest BCUT2D eigenvalue weighted by Gasteiger charge is -2.35. The molecule has 5 nitrogen and oxygen atoms in total. The van der Waals surface area contributed by atoms with Gasteiger partial charge in [-0.3, -0.25) is 4.79 Å². The van der Waals surface area contributed by atoms with Crippen LogP contribution in [0.25, 0.3) is 0 Å². The van der Waals surface area contributed by atoms with Gasteiger partial charge in [0.15, 0.2) is 5.11 Å². The second kappa shape index (κ2) is 7.27. The number of nitrogens with one attached hydrogen (secondary N) is 2. The number of rotatable bonds is 2. The van der Waals surface area contributed by atoms with Gasteiger partial charge in [0, 0.05) is 18.8 Å². The van der Waals surface area contributed by atoms with Gasteiger partial charge in [-0.25, -0.2) is 0 Å². The van der Waals surface area contributed by atoms with Crippen LogP contribution in [0, 0.1) is 0 Å². The van der Waals surface area contributed by atoms with Crippen LogP contribution in [-0.4, -0.2) is 42.2 Å². The minimum Gasteiger partial charge on any atom is -0.378 e. The van der Waals surface area contributed by atoms with Gasteiger partial charge in [0.25, 0.3) is 5.91 Å². The number of benzene rings is 1. The normalized spacial score (nSPS) is 21.4. The van der Waals surface area contributed by atoms with Crippen molar-refractivity contribution in [3.8, 4) is 0 Å². The van der Waals surface area contributed by atoms with Crippen LogP contribution in [0.4, 0.5) is 0 Å². The summed E-state index contributed by atoms with van der Waals surface area (Å²) in [5, 5.41) is 7.48. The van der Waals surface area contributed by atoms with E-state index in [0.29, 0.717) is 47.0 Å². The number of morpholine rings is 1. The molecule has 2 N–H and O–H groups in total. The maximum absolute atomic E-state index is 13.1. The summed E-state index contributed by atoms with van der Waals surface area (Å²) in [7, 11) is 0. The van der Waals surface area contributed by atoms with E-state index in [9.17, 15) is 4.79 Å². The molecule has 3 rings (SSSR count). The molecule has 0 bridgehead atoms. The van der Waals surface area contributed by atoms with Gasteiger partial charge in [-0.05, 0) is 30.8 Å². The summed E-state index contributed by atoms with van der Waals surface area (Å²) >= 11 is 17.8. The number of ether oxygens (including phenoxy) is 1. The Morgan fingerprint density at radius 2 is 2.04 bits per heavy atom. The predicted molar refractivity (Wildman–Crippen MR) is 98.2 cm³/mol. The van der Waals surface area contributed by atoms with Crippen LogP contribution in [0.1, 0.15) is 18.5 Å². The summed E-state index contributed by atoms with van der Waals surface area (Å²) in [5.41, 5.74) is 2.04. The molecule has 1 atom stereocenters. The number of hydrogen-bond acceptors (Lipinski definition) is 3. The Bertz CT molecular complexity index is 717. The second-order valence-corrected chi connectivity index (χ2v) is 6.81. The lowest BCUT2D eigenvalue weighted by molar-refractivity contribution is -0.131. The van der Waals surface area contributed by atoms with Crippen molar-refractivity contribution in [2.75, 3.05) is 26.3 Å². The van der Waals surface area contributed by atoms with Gasteiger partial charge in [0.05, 0.1) is 34.9 Å². The average Bonchev–Trinajstić information content (AvgIpc) is 2.57. The molecule has 0 spiro atoms. The van der Waals surface area contributed by atoms with E-state index in [1.54, 1.807) is 11.0 Å². The zero-order chi connectivity index (χ0) is 17.3. The highest BCUT2D eigenvalue weighted by molar-refractivity contribution is 7.80. The SMILES string of the molecule is CC1=C(C(=O)N2CCOCC2)C(c2cccc(Cl)c2Cl)NC(=S)N1. The summed E-state index contributed by atoms with van der Waals surface area (Å²) in [6.07, 6.45) is 0. The number of halogens is 2. The van der Waals surface area contributed by atoms with Gasteiger partial charge in [-0.2, -0.15) is 0 Å². The largest absolute Gasteiger partial charge is 0.378 e. The van der Waals surface area contributed by atoms with Crippen molar-refractivity contribution in [2.45, 2.75) is 13.0 Å². The van der Waals surface area contributed by atoms with Crippen LogP contribution in [-0.2, 0) is 9.53 Å². The fourth-order valence-corrected chi connectivity index (χ4v) is 3.58. The monoisotopic (exact) mass is 385 g/mol. The Hall–Kier alpha value is -1.34. The van der Waals surface area contributed by atoms with Crippen molar-refractivity contribution in [3.05, 3.63) is 45.1 Å². The molecule has 128 valence electrons. The first-order chi connectivity index (χ1) is 11.5. The molecule has 0 aromatic heterocycles. The van der Waals surface area contributed by atoms with Gasteiger partial charge in [0.1, 0.15) is 0 Å². The molecule has 1 unspecified atom stereocenters. The van der Waals surface area contributed by atoms with Crippen molar-refractivity contribution in [3.63, 3.8) is 0 Å². The summed E-state index contributed by atoms with van der Waals surface area (Å²) in [5.74, 6) is -0.0562. The van der Waals surface area contributed by atoms with Crippen LogP contribution in [0.15, 0.2) is 29.5 Å². The molecular formula is C16H17Cl2N3O2S. The van der Waals surface area contributed by atoms with Gasteiger partial charge in [-0.15, -0.1) is 0 Å². The van der Waals surface area contributed by atoms with E-state index >= 15 is 0 Å². The second-order valence-electron chi connectivity index (χ2n) is 5.62. The van der Waals surface area contributed by atoms with Crippen LogP contribution < -0.4 is 10.6 Å². The molecule has 1 fully saturated rings. The van der Waals surface area contributed by atoms with Crippen LogP contribution in [0.3, 0.4) is 0 Å². The maximum Gasteiger partial charge on any atom is 0.254 e. The van der Waals surface area contributed by atoms with E-state index in [1.807, 2.05) is 19.1 Å². The maximum atomic E-state index is 13.1. The molecule has 2 aliphatic rings. The Balaban J connectivity index is 2.02. The summed E-state index contributed by atoms with van der Waals surface area (Å²) < 4.78 is 5.33. The Labute approximate surface area is 155 Å². The average molecular weight is 386 g/mol. The topological polar surface area (TPSA) is 53.6 Å². The van der Waals surface area contributed by atoms with E-state index in [4.69, 9.17) is 40.2 Å². The third kappa shape index (κ3) is 3.37. The van der Waals surface area contributed by atoms with Gasteiger partial charge < -0.3 is 20.3 Å². The smallest absolute Gasteiger partial charge is 0.254 e. The Kier molecular flexibility index (Phi) is 5.30. The van der Waals surface area contributed by atoms with Crippen molar-refractivity contribution in [1.29, 1.82) is 0 Å². The molecular weight excluding hydrogens is 369 g/mol. The molecule has 1 amide bonds. The predicted octanol–water partition coefficient (Wildman–Crippen LogP) is 2.64. The summed E-state index contributed by atoms with van der Waals surface area (Å²) in [6, 6.07) is 4.93. The zero-order valence-electron chi connectivity index (χ0n) is 13.1. The molecule has 2 heterocycles. The minimum atomic E-state index is -0.444. The fourth-order valence-electron chi connectivity index (χ4n) is 2.89. The van der Waals surface area contributed by atoms with Gasteiger partial charge >= 0.3 is 0 Å². The van der Waals surface area contributed by atoms with E-state index in [0.717, 1.165) is 11.3 Å². The molecule has 0 aliphatic carbocycles. The molecule has 2 aliphatic heterocycles. The summed E-state index contributed by atoms with van der Waals surface area (Å²) in [4.78, 5) is 14.8. The lowest BCUT2D eigenvalue weighted by atomic mass is 9.94. The molecule has 1 aromatic rings. The van der Waals surface area contributed by atoms with Crippen molar-refractivity contribution >= 4 is 46.4 Å². The quantitative estimate of drug-likeness (QED) is 0.766. The third-order valence-electron chi connectivity index (χ3n) is 4.09. The highest BCUT2D eigenvalue weighted by Gasteiger charge is 2.34. The number of carbonyl (C=O) groups is 1. The zero-order valence-corrected chi connectivity index (χ0v) is 15.4. The van der Waals surface area contributed by atoms with Gasteiger partial charge in [-0.1, -0.05) is 35.3 Å². The third-order valence-corrected chi connectivity index (χ3v) is 5.14. The van der Waals surface area contributed by atoms with Crippen LogP contribution in [0.5, 0.6) is 0 Å². The van der Waals surface area contributed by atoms with E-state index in [1.165, 1.54) is 0 Å². The van der Waals surface area contributed by atoms with E-state index < -0.39 is 6.04 Å². The van der Waals surface area contributed by atoms with E-state index in [2.05, 4.69) is 10.6 Å². The molecule has 1 saturated heterocycles. The van der Waals surface area contributed by atoms with E-state index in [-0.39, 0.29) is 5.91 Å². The minimum absolute atomic E-state index is 0.0562. The number of thiocarbonyl (C=S) groups is 1. The lowest BCUT2D eigenvalue weighted by Crippen LogP contribution is -2.49.